The van der Waals surface area contributed by atoms with Crippen LogP contribution in [0, 0.1) is 5.41 Å². The van der Waals surface area contributed by atoms with E-state index in [0.29, 0.717) is 16.9 Å². The van der Waals surface area contributed by atoms with Crippen molar-refractivity contribution in [2.75, 3.05) is 38.7 Å². The van der Waals surface area contributed by atoms with E-state index in [4.69, 9.17) is 0 Å². The summed E-state index contributed by atoms with van der Waals surface area (Å²) in [5.41, 5.74) is 0.355. The van der Waals surface area contributed by atoms with Crippen LogP contribution in [0.2, 0.25) is 0 Å². The van der Waals surface area contributed by atoms with Gasteiger partial charge >= 0.3 is 0 Å². The highest BCUT2D eigenvalue weighted by atomic mass is 32.2. The van der Waals surface area contributed by atoms with E-state index in [2.05, 4.69) is 17.3 Å². The lowest BCUT2D eigenvalue weighted by molar-refractivity contribution is 0.101. The molecule has 1 atom stereocenters. The normalized spacial score (nSPS) is 29.7. The lowest BCUT2D eigenvalue weighted by Gasteiger charge is -2.41. The standard InChI is InChI=1S/C14H28N2O2S/c1-15-11-14(7-4-3-5-8-14)12-16(2)13-6-9-19(17,18)10-13/h13,15H,3-12H2,1-2H3. The van der Waals surface area contributed by atoms with Crippen molar-refractivity contribution < 1.29 is 8.42 Å². The van der Waals surface area contributed by atoms with Crippen LogP contribution in [0.5, 0.6) is 0 Å². The van der Waals surface area contributed by atoms with Crippen LogP contribution in [0.3, 0.4) is 0 Å². The molecule has 2 aliphatic rings. The summed E-state index contributed by atoms with van der Waals surface area (Å²) in [7, 11) is 1.36. The first-order valence-electron chi connectivity index (χ1n) is 7.52. The van der Waals surface area contributed by atoms with Gasteiger partial charge in [-0.1, -0.05) is 19.3 Å². The average molecular weight is 288 g/mol. The molecule has 1 saturated heterocycles. The third-order valence-electron chi connectivity index (χ3n) is 4.88. The van der Waals surface area contributed by atoms with Gasteiger partial charge in [0, 0.05) is 19.1 Å². The maximum absolute atomic E-state index is 11.6. The van der Waals surface area contributed by atoms with Crippen molar-refractivity contribution in [1.29, 1.82) is 0 Å². The van der Waals surface area contributed by atoms with Crippen molar-refractivity contribution >= 4 is 9.84 Å². The van der Waals surface area contributed by atoms with Gasteiger partial charge in [-0.3, -0.25) is 0 Å². The Balaban J connectivity index is 1.97. The Hall–Kier alpha value is -0.130. The fourth-order valence-electron chi connectivity index (χ4n) is 3.85. The highest BCUT2D eigenvalue weighted by Gasteiger charge is 2.37. The number of hydrogen-bond acceptors (Lipinski definition) is 4. The van der Waals surface area contributed by atoms with Crippen LogP contribution in [0.4, 0.5) is 0 Å². The van der Waals surface area contributed by atoms with Crippen LogP contribution in [-0.4, -0.2) is 58.1 Å². The molecule has 1 N–H and O–H groups in total. The van der Waals surface area contributed by atoms with Crippen molar-refractivity contribution in [3.63, 3.8) is 0 Å². The van der Waals surface area contributed by atoms with Gasteiger partial charge in [0.15, 0.2) is 9.84 Å². The van der Waals surface area contributed by atoms with E-state index in [9.17, 15) is 8.42 Å². The molecule has 5 heteroatoms. The second-order valence-corrected chi connectivity index (χ2v) is 8.79. The minimum atomic E-state index is -2.77. The van der Waals surface area contributed by atoms with E-state index in [1.54, 1.807) is 0 Å². The zero-order valence-electron chi connectivity index (χ0n) is 12.3. The molecule has 1 unspecified atom stereocenters. The Labute approximate surface area is 117 Å². The molecule has 0 aromatic heterocycles. The molecule has 0 aromatic rings. The van der Waals surface area contributed by atoms with Crippen LogP contribution in [-0.2, 0) is 9.84 Å². The highest BCUT2D eigenvalue weighted by molar-refractivity contribution is 7.91. The smallest absolute Gasteiger partial charge is 0.151 e. The number of nitrogens with zero attached hydrogens (tertiary/aromatic N) is 1. The first-order valence-corrected chi connectivity index (χ1v) is 9.34. The first kappa shape index (κ1) is 15.3. The molecule has 0 aromatic carbocycles. The van der Waals surface area contributed by atoms with Crippen LogP contribution in [0.25, 0.3) is 0 Å². The van der Waals surface area contributed by atoms with Crippen molar-refractivity contribution in [1.82, 2.24) is 10.2 Å². The van der Waals surface area contributed by atoms with E-state index < -0.39 is 9.84 Å². The van der Waals surface area contributed by atoms with Crippen LogP contribution < -0.4 is 5.32 Å². The van der Waals surface area contributed by atoms with Crippen molar-refractivity contribution in [3.05, 3.63) is 0 Å². The zero-order valence-corrected chi connectivity index (χ0v) is 13.1. The summed E-state index contributed by atoms with van der Waals surface area (Å²) >= 11 is 0. The van der Waals surface area contributed by atoms with Crippen LogP contribution in [0.15, 0.2) is 0 Å². The van der Waals surface area contributed by atoms with Crippen molar-refractivity contribution in [2.45, 2.75) is 44.6 Å². The Morgan fingerprint density at radius 1 is 1.26 bits per heavy atom. The maximum atomic E-state index is 11.6. The minimum Gasteiger partial charge on any atom is -0.319 e. The molecule has 19 heavy (non-hydrogen) atoms. The largest absolute Gasteiger partial charge is 0.319 e. The van der Waals surface area contributed by atoms with Crippen LogP contribution in [0.1, 0.15) is 38.5 Å². The number of rotatable bonds is 5. The molecule has 2 rings (SSSR count). The summed E-state index contributed by atoms with van der Waals surface area (Å²) in [5, 5.41) is 3.35. The molecule has 0 spiro atoms. The molecular formula is C14H28N2O2S. The van der Waals surface area contributed by atoms with Crippen molar-refractivity contribution in [2.24, 2.45) is 5.41 Å². The molecule has 1 aliphatic heterocycles. The molecule has 4 nitrogen and oxygen atoms in total. The monoisotopic (exact) mass is 288 g/mol. The Morgan fingerprint density at radius 2 is 1.95 bits per heavy atom. The summed E-state index contributed by atoms with van der Waals surface area (Å²) < 4.78 is 23.2. The molecule has 0 bridgehead atoms. The Bertz CT molecular complexity index is 383. The summed E-state index contributed by atoms with van der Waals surface area (Å²) in [4.78, 5) is 2.31. The molecule has 2 fully saturated rings. The third-order valence-corrected chi connectivity index (χ3v) is 6.63. The van der Waals surface area contributed by atoms with Gasteiger partial charge in [-0.25, -0.2) is 8.42 Å². The molecule has 1 aliphatic carbocycles. The second-order valence-electron chi connectivity index (χ2n) is 6.56. The SMILES string of the molecule is CNCC1(CN(C)C2CCS(=O)(=O)C2)CCCCC1. The maximum Gasteiger partial charge on any atom is 0.151 e. The van der Waals surface area contributed by atoms with E-state index >= 15 is 0 Å². The molecular weight excluding hydrogens is 260 g/mol. The van der Waals surface area contributed by atoms with Gasteiger partial charge < -0.3 is 10.2 Å². The Kier molecular flexibility index (Phi) is 4.90. The third kappa shape index (κ3) is 3.92. The molecule has 0 radical (unpaired) electrons. The van der Waals surface area contributed by atoms with E-state index in [0.717, 1.165) is 19.5 Å². The highest BCUT2D eigenvalue weighted by Crippen LogP contribution is 2.37. The number of sulfone groups is 1. The second kappa shape index (κ2) is 6.10. The predicted octanol–water partition coefficient (Wildman–Crippen LogP) is 1.28. The quantitative estimate of drug-likeness (QED) is 0.828. The molecule has 112 valence electrons. The summed E-state index contributed by atoms with van der Waals surface area (Å²) in [6.07, 6.45) is 7.35. The predicted molar refractivity (Wildman–Crippen MR) is 79.1 cm³/mol. The van der Waals surface area contributed by atoms with Gasteiger partial charge in [0.05, 0.1) is 11.5 Å². The van der Waals surface area contributed by atoms with Gasteiger partial charge in [-0.15, -0.1) is 0 Å². The van der Waals surface area contributed by atoms with E-state index in [1.807, 2.05) is 7.05 Å². The minimum absolute atomic E-state index is 0.237. The number of hydrogen-bond donors (Lipinski definition) is 1. The van der Waals surface area contributed by atoms with Gasteiger partial charge in [-0.2, -0.15) is 0 Å². The lowest BCUT2D eigenvalue weighted by atomic mass is 9.73. The summed E-state index contributed by atoms with van der Waals surface area (Å²) in [6, 6.07) is 0.237. The fourth-order valence-corrected chi connectivity index (χ4v) is 5.65. The summed E-state index contributed by atoms with van der Waals surface area (Å²) in [6.45, 7) is 2.09. The zero-order chi connectivity index (χ0) is 13.9. The van der Waals surface area contributed by atoms with Gasteiger partial charge in [0.1, 0.15) is 0 Å². The summed E-state index contributed by atoms with van der Waals surface area (Å²) in [5.74, 6) is 0.736. The fraction of sp³-hybridized carbons (Fsp3) is 1.00. The van der Waals surface area contributed by atoms with Gasteiger partial charge in [-0.05, 0) is 38.8 Å². The average Bonchev–Trinajstić information content (AvgIpc) is 2.71. The molecule has 0 amide bonds. The van der Waals surface area contributed by atoms with Gasteiger partial charge in [0.25, 0.3) is 0 Å². The molecule has 1 heterocycles. The molecule has 1 saturated carbocycles. The topological polar surface area (TPSA) is 49.4 Å². The van der Waals surface area contributed by atoms with E-state index in [1.165, 1.54) is 32.1 Å². The van der Waals surface area contributed by atoms with Gasteiger partial charge in [0.2, 0.25) is 0 Å². The van der Waals surface area contributed by atoms with Crippen molar-refractivity contribution in [3.8, 4) is 0 Å². The first-order chi connectivity index (χ1) is 8.96. The lowest BCUT2D eigenvalue weighted by Crippen LogP contribution is -2.47. The van der Waals surface area contributed by atoms with E-state index in [-0.39, 0.29) is 6.04 Å². The number of nitrogens with one attached hydrogen (secondary N) is 1. The Morgan fingerprint density at radius 3 is 2.47 bits per heavy atom. The van der Waals surface area contributed by atoms with Crippen LogP contribution >= 0.6 is 0 Å².